The lowest BCUT2D eigenvalue weighted by atomic mass is 10.0. The number of hydrogen-bond acceptors (Lipinski definition) is 3. The standard InChI is InChI=1S/C16H24BrNO2/c1-3-20-15-10-13(9-14(17)16(15)19)11-18-7-4-5-12(2)6-8-18/h9-10,12,19H,3-8,11H2,1-2H3. The van der Waals surface area contributed by atoms with Crippen molar-refractivity contribution in [1.29, 1.82) is 0 Å². The summed E-state index contributed by atoms with van der Waals surface area (Å²) in [5.41, 5.74) is 1.19. The van der Waals surface area contributed by atoms with Gasteiger partial charge in [0.05, 0.1) is 11.1 Å². The van der Waals surface area contributed by atoms with Crippen molar-refractivity contribution in [2.24, 2.45) is 5.92 Å². The molecule has 112 valence electrons. The van der Waals surface area contributed by atoms with Crippen LogP contribution in [0.4, 0.5) is 0 Å². The van der Waals surface area contributed by atoms with Crippen LogP contribution in [0, 0.1) is 5.92 Å². The summed E-state index contributed by atoms with van der Waals surface area (Å²) in [5, 5.41) is 9.95. The minimum atomic E-state index is 0.195. The number of benzene rings is 1. The third kappa shape index (κ3) is 4.13. The zero-order valence-electron chi connectivity index (χ0n) is 12.4. The number of phenols is 1. The van der Waals surface area contributed by atoms with Gasteiger partial charge in [0.2, 0.25) is 0 Å². The molecule has 1 fully saturated rings. The van der Waals surface area contributed by atoms with Gasteiger partial charge in [-0.3, -0.25) is 4.90 Å². The second-order valence-corrected chi connectivity index (χ2v) is 6.52. The van der Waals surface area contributed by atoms with Crippen LogP contribution in [-0.4, -0.2) is 29.7 Å². The van der Waals surface area contributed by atoms with Gasteiger partial charge in [-0.2, -0.15) is 0 Å². The summed E-state index contributed by atoms with van der Waals surface area (Å²) in [7, 11) is 0. The monoisotopic (exact) mass is 341 g/mol. The maximum Gasteiger partial charge on any atom is 0.172 e. The molecule has 1 heterocycles. The Labute approximate surface area is 130 Å². The van der Waals surface area contributed by atoms with E-state index in [1.54, 1.807) is 0 Å². The summed E-state index contributed by atoms with van der Waals surface area (Å²) < 4.78 is 6.20. The first-order chi connectivity index (χ1) is 9.60. The molecule has 1 saturated heterocycles. The summed E-state index contributed by atoms with van der Waals surface area (Å²) in [6, 6.07) is 3.95. The molecule has 1 aliphatic rings. The quantitative estimate of drug-likeness (QED) is 0.891. The van der Waals surface area contributed by atoms with Crippen LogP contribution in [-0.2, 0) is 6.54 Å². The summed E-state index contributed by atoms with van der Waals surface area (Å²) in [4.78, 5) is 2.50. The smallest absolute Gasteiger partial charge is 0.172 e. The summed E-state index contributed by atoms with van der Waals surface area (Å²) in [5.74, 6) is 1.60. The molecule has 1 aliphatic heterocycles. The molecule has 0 radical (unpaired) electrons. The average Bonchev–Trinajstić information content (AvgIpc) is 2.61. The van der Waals surface area contributed by atoms with Gasteiger partial charge in [0, 0.05) is 6.54 Å². The van der Waals surface area contributed by atoms with Crippen LogP contribution < -0.4 is 4.74 Å². The molecule has 4 heteroatoms. The van der Waals surface area contributed by atoms with E-state index in [1.165, 1.54) is 24.8 Å². The highest BCUT2D eigenvalue weighted by molar-refractivity contribution is 9.10. The Morgan fingerprint density at radius 2 is 2.15 bits per heavy atom. The Kier molecular flexibility index (Phi) is 5.73. The summed E-state index contributed by atoms with van der Waals surface area (Å²) in [6.45, 7) is 8.07. The lowest BCUT2D eigenvalue weighted by molar-refractivity contribution is 0.272. The molecule has 1 aromatic carbocycles. The number of nitrogens with zero attached hydrogens (tertiary/aromatic N) is 1. The third-order valence-electron chi connectivity index (χ3n) is 3.90. The zero-order valence-corrected chi connectivity index (χ0v) is 13.9. The zero-order chi connectivity index (χ0) is 14.5. The van der Waals surface area contributed by atoms with Gasteiger partial charge in [-0.15, -0.1) is 0 Å². The van der Waals surface area contributed by atoms with E-state index in [9.17, 15) is 5.11 Å². The number of rotatable bonds is 4. The number of halogens is 1. The second-order valence-electron chi connectivity index (χ2n) is 5.67. The third-order valence-corrected chi connectivity index (χ3v) is 4.51. The van der Waals surface area contributed by atoms with Gasteiger partial charge in [-0.1, -0.05) is 6.92 Å². The number of hydrogen-bond donors (Lipinski definition) is 1. The molecule has 0 spiro atoms. The van der Waals surface area contributed by atoms with Crippen molar-refractivity contribution < 1.29 is 9.84 Å². The first-order valence-electron chi connectivity index (χ1n) is 7.46. The van der Waals surface area contributed by atoms with Crippen molar-refractivity contribution in [2.45, 2.75) is 39.7 Å². The highest BCUT2D eigenvalue weighted by atomic mass is 79.9. The van der Waals surface area contributed by atoms with Gasteiger partial charge < -0.3 is 9.84 Å². The number of aromatic hydroxyl groups is 1. The van der Waals surface area contributed by atoms with Gasteiger partial charge in [0.25, 0.3) is 0 Å². The number of ether oxygens (including phenoxy) is 1. The molecule has 1 N–H and O–H groups in total. The predicted molar refractivity (Wildman–Crippen MR) is 85.3 cm³/mol. The van der Waals surface area contributed by atoms with Crippen LogP contribution in [0.15, 0.2) is 16.6 Å². The average molecular weight is 342 g/mol. The van der Waals surface area contributed by atoms with E-state index in [0.717, 1.165) is 25.6 Å². The Morgan fingerprint density at radius 1 is 1.35 bits per heavy atom. The maximum atomic E-state index is 9.95. The molecule has 0 aromatic heterocycles. The minimum Gasteiger partial charge on any atom is -0.503 e. The lowest BCUT2D eigenvalue weighted by Gasteiger charge is -2.21. The van der Waals surface area contributed by atoms with Crippen LogP contribution in [0.1, 0.15) is 38.7 Å². The van der Waals surface area contributed by atoms with Crippen LogP contribution in [0.3, 0.4) is 0 Å². The van der Waals surface area contributed by atoms with Crippen molar-refractivity contribution in [2.75, 3.05) is 19.7 Å². The molecule has 1 atom stereocenters. The van der Waals surface area contributed by atoms with E-state index in [2.05, 4.69) is 27.8 Å². The van der Waals surface area contributed by atoms with E-state index in [1.807, 2.05) is 19.1 Å². The van der Waals surface area contributed by atoms with E-state index in [-0.39, 0.29) is 5.75 Å². The predicted octanol–water partition coefficient (Wildman–Crippen LogP) is 4.18. The fourth-order valence-electron chi connectivity index (χ4n) is 2.72. The van der Waals surface area contributed by atoms with Crippen molar-refractivity contribution in [3.8, 4) is 11.5 Å². The number of likely N-dealkylation sites (tertiary alicyclic amines) is 1. The second kappa shape index (κ2) is 7.32. The molecule has 2 rings (SSSR count). The van der Waals surface area contributed by atoms with Crippen molar-refractivity contribution >= 4 is 15.9 Å². The van der Waals surface area contributed by atoms with E-state index in [4.69, 9.17) is 4.74 Å². The Morgan fingerprint density at radius 3 is 2.90 bits per heavy atom. The first kappa shape index (κ1) is 15.6. The largest absolute Gasteiger partial charge is 0.503 e. The van der Waals surface area contributed by atoms with Gasteiger partial charge in [-0.05, 0) is 78.8 Å². The van der Waals surface area contributed by atoms with E-state index in [0.29, 0.717) is 16.8 Å². The highest BCUT2D eigenvalue weighted by Crippen LogP contribution is 2.36. The normalized spacial score (nSPS) is 20.6. The molecule has 0 aliphatic carbocycles. The van der Waals surface area contributed by atoms with Crippen molar-refractivity contribution in [3.63, 3.8) is 0 Å². The molecule has 1 aromatic rings. The lowest BCUT2D eigenvalue weighted by Crippen LogP contribution is -2.24. The van der Waals surface area contributed by atoms with Crippen LogP contribution in [0.2, 0.25) is 0 Å². The molecule has 20 heavy (non-hydrogen) atoms. The van der Waals surface area contributed by atoms with Crippen LogP contribution in [0.25, 0.3) is 0 Å². The van der Waals surface area contributed by atoms with Crippen molar-refractivity contribution in [3.05, 3.63) is 22.2 Å². The van der Waals surface area contributed by atoms with E-state index < -0.39 is 0 Å². The Balaban J connectivity index is 2.08. The van der Waals surface area contributed by atoms with Crippen LogP contribution in [0.5, 0.6) is 11.5 Å². The topological polar surface area (TPSA) is 32.7 Å². The van der Waals surface area contributed by atoms with Crippen LogP contribution >= 0.6 is 15.9 Å². The Hall–Kier alpha value is -0.740. The molecular formula is C16H24BrNO2. The Bertz CT molecular complexity index is 450. The fraction of sp³-hybridized carbons (Fsp3) is 0.625. The van der Waals surface area contributed by atoms with Gasteiger partial charge in [-0.25, -0.2) is 0 Å². The molecule has 3 nitrogen and oxygen atoms in total. The molecule has 0 bridgehead atoms. The van der Waals surface area contributed by atoms with Gasteiger partial charge in [0.1, 0.15) is 0 Å². The first-order valence-corrected chi connectivity index (χ1v) is 8.26. The summed E-state index contributed by atoms with van der Waals surface area (Å²) in [6.07, 6.45) is 3.89. The van der Waals surface area contributed by atoms with Crippen molar-refractivity contribution in [1.82, 2.24) is 4.90 Å². The van der Waals surface area contributed by atoms with E-state index >= 15 is 0 Å². The molecular weight excluding hydrogens is 318 g/mol. The fourth-order valence-corrected chi connectivity index (χ4v) is 3.21. The van der Waals surface area contributed by atoms with Gasteiger partial charge >= 0.3 is 0 Å². The van der Waals surface area contributed by atoms with Gasteiger partial charge in [0.15, 0.2) is 11.5 Å². The number of phenolic OH excluding ortho intramolecular Hbond substituents is 1. The summed E-state index contributed by atoms with van der Waals surface area (Å²) >= 11 is 3.41. The molecule has 0 saturated carbocycles. The molecule has 0 amide bonds. The minimum absolute atomic E-state index is 0.195. The molecule has 1 unspecified atom stereocenters. The SMILES string of the molecule is CCOc1cc(CN2CCCC(C)CC2)cc(Br)c1O. The maximum absolute atomic E-state index is 9.95. The highest BCUT2D eigenvalue weighted by Gasteiger charge is 2.16.